The molecule has 1 fully saturated rings. The van der Waals surface area contributed by atoms with E-state index in [1.54, 1.807) is 30.3 Å². The maximum Gasteiger partial charge on any atom is 0.303 e. The van der Waals surface area contributed by atoms with Crippen LogP contribution < -0.4 is 9.47 Å². The van der Waals surface area contributed by atoms with E-state index in [2.05, 4.69) is 20.8 Å². The van der Waals surface area contributed by atoms with Crippen LogP contribution in [0.1, 0.15) is 62.9 Å². The Kier molecular flexibility index (Phi) is 7.81. The van der Waals surface area contributed by atoms with Gasteiger partial charge in [0.15, 0.2) is 11.6 Å². The number of pyridine rings is 1. The number of nitrogens with zero attached hydrogens (tertiary/aromatic N) is 1. The van der Waals surface area contributed by atoms with Crippen molar-refractivity contribution in [3.63, 3.8) is 0 Å². The number of ether oxygens (including phenoxy) is 2. The summed E-state index contributed by atoms with van der Waals surface area (Å²) in [5, 5.41) is 9.31. The van der Waals surface area contributed by atoms with Crippen LogP contribution in [0.15, 0.2) is 48.5 Å². The number of halogens is 2. The lowest BCUT2D eigenvalue weighted by molar-refractivity contribution is -0.137. The normalized spacial score (nSPS) is 14.3. The summed E-state index contributed by atoms with van der Waals surface area (Å²) in [5.74, 6) is -0.990. The predicted molar refractivity (Wildman–Crippen MR) is 138 cm³/mol. The summed E-state index contributed by atoms with van der Waals surface area (Å²) in [6, 6.07) is 12.7. The number of hydrogen-bond acceptors (Lipinski definition) is 4. The average Bonchev–Trinajstić information content (AvgIpc) is 3.67. The molecule has 0 aliphatic heterocycles. The van der Waals surface area contributed by atoms with Gasteiger partial charge in [0.25, 0.3) is 0 Å². The molecule has 0 saturated heterocycles. The molecule has 4 rings (SSSR count). The van der Waals surface area contributed by atoms with E-state index < -0.39 is 11.8 Å². The first-order chi connectivity index (χ1) is 17.5. The minimum Gasteiger partial charge on any atom is -0.497 e. The highest BCUT2D eigenvalue weighted by Crippen LogP contribution is 2.45. The van der Waals surface area contributed by atoms with E-state index in [9.17, 15) is 18.7 Å². The number of carboxylic acid groups (broad SMARTS) is 1. The Bertz CT molecular complexity index is 1280. The van der Waals surface area contributed by atoms with Crippen LogP contribution in [0.5, 0.6) is 11.5 Å². The van der Waals surface area contributed by atoms with Gasteiger partial charge in [-0.2, -0.15) is 0 Å². The van der Waals surface area contributed by atoms with Gasteiger partial charge in [0, 0.05) is 16.8 Å². The van der Waals surface area contributed by atoms with Crippen LogP contribution in [0.2, 0.25) is 0 Å². The van der Waals surface area contributed by atoms with Crippen LogP contribution in [-0.4, -0.2) is 23.2 Å². The van der Waals surface area contributed by atoms with Crippen LogP contribution in [0, 0.1) is 23.0 Å². The highest BCUT2D eigenvalue weighted by Gasteiger charge is 2.34. The Morgan fingerprint density at radius 1 is 1.05 bits per heavy atom. The van der Waals surface area contributed by atoms with Gasteiger partial charge in [-0.15, -0.1) is 0 Å². The average molecular weight is 510 g/mol. The number of hydrogen-bond donors (Lipinski definition) is 1. The van der Waals surface area contributed by atoms with Crippen LogP contribution in [-0.2, 0) is 17.8 Å². The maximum absolute atomic E-state index is 14.8. The second-order valence-corrected chi connectivity index (χ2v) is 10.9. The molecule has 1 heterocycles. The molecule has 37 heavy (non-hydrogen) atoms. The van der Waals surface area contributed by atoms with Crippen molar-refractivity contribution in [2.75, 3.05) is 7.11 Å². The molecule has 0 radical (unpaired) electrons. The Morgan fingerprint density at radius 3 is 2.43 bits per heavy atom. The summed E-state index contributed by atoms with van der Waals surface area (Å²) in [6.45, 7) is 6.26. The Balaban J connectivity index is 1.61. The first-order valence-corrected chi connectivity index (χ1v) is 12.5. The smallest absolute Gasteiger partial charge is 0.303 e. The van der Waals surface area contributed by atoms with E-state index in [4.69, 9.17) is 14.5 Å². The molecule has 2 aromatic carbocycles. The third-order valence-corrected chi connectivity index (χ3v) is 6.54. The number of methoxy groups -OCH3 is 1. The van der Waals surface area contributed by atoms with Gasteiger partial charge in [-0.05, 0) is 78.5 Å². The van der Waals surface area contributed by atoms with Crippen LogP contribution in [0.4, 0.5) is 8.78 Å². The standard InChI is InChI=1S/C30H33F2NO4/c1-30(2,3)16-27-22(24-14-21(36-4)9-12-25(24)31)10-8-20(33-27)17-37-28-13-19(7-11-26(28)32)23(15-29(34)35)18-5-6-18/h7-14,18,23H,5-6,15-17H2,1-4H3,(H,34,35). The molecule has 1 atom stereocenters. The summed E-state index contributed by atoms with van der Waals surface area (Å²) in [6.07, 6.45) is 2.56. The second kappa shape index (κ2) is 10.9. The molecule has 0 spiro atoms. The molecule has 3 aromatic rings. The van der Waals surface area contributed by atoms with Crippen molar-refractivity contribution in [3.05, 3.63) is 77.1 Å². The molecule has 196 valence electrons. The minimum absolute atomic E-state index is 0.00967. The zero-order valence-corrected chi connectivity index (χ0v) is 21.7. The molecule has 0 bridgehead atoms. The molecule has 1 saturated carbocycles. The van der Waals surface area contributed by atoms with Crippen molar-refractivity contribution in [2.24, 2.45) is 11.3 Å². The van der Waals surface area contributed by atoms with Crippen molar-refractivity contribution in [2.45, 2.75) is 59.0 Å². The van der Waals surface area contributed by atoms with E-state index >= 15 is 0 Å². The van der Waals surface area contributed by atoms with E-state index in [-0.39, 0.29) is 35.9 Å². The molecule has 5 nitrogen and oxygen atoms in total. The van der Waals surface area contributed by atoms with Gasteiger partial charge in [-0.1, -0.05) is 32.9 Å². The van der Waals surface area contributed by atoms with Crippen molar-refractivity contribution in [3.8, 4) is 22.6 Å². The second-order valence-electron chi connectivity index (χ2n) is 10.9. The third-order valence-electron chi connectivity index (χ3n) is 6.54. The first kappa shape index (κ1) is 26.6. The number of benzene rings is 2. The SMILES string of the molecule is COc1ccc(F)c(-c2ccc(COc3cc(C(CC(=O)O)C4CC4)ccc3F)nc2CC(C)(C)C)c1. The molecule has 7 heteroatoms. The lowest BCUT2D eigenvalue weighted by Gasteiger charge is -2.21. The number of carboxylic acids is 1. The summed E-state index contributed by atoms with van der Waals surface area (Å²) in [7, 11) is 1.54. The molecule has 1 unspecified atom stereocenters. The molecule has 1 aliphatic rings. The zero-order valence-electron chi connectivity index (χ0n) is 21.7. The molecule has 1 aromatic heterocycles. The first-order valence-electron chi connectivity index (χ1n) is 12.5. The molecule has 1 aliphatic carbocycles. The van der Waals surface area contributed by atoms with Crippen LogP contribution in [0.25, 0.3) is 11.1 Å². The number of aromatic nitrogens is 1. The molecular formula is C30H33F2NO4. The van der Waals surface area contributed by atoms with Crippen LogP contribution >= 0.6 is 0 Å². The molecular weight excluding hydrogens is 476 g/mol. The Hall–Kier alpha value is -3.48. The van der Waals surface area contributed by atoms with Gasteiger partial charge < -0.3 is 14.6 Å². The lowest BCUT2D eigenvalue weighted by atomic mass is 9.87. The summed E-state index contributed by atoms with van der Waals surface area (Å²) < 4.78 is 40.5. The van der Waals surface area contributed by atoms with E-state index in [1.165, 1.54) is 19.2 Å². The fourth-order valence-corrected chi connectivity index (χ4v) is 4.60. The Labute approximate surface area is 216 Å². The number of carbonyl (C=O) groups is 1. The van der Waals surface area contributed by atoms with E-state index in [0.717, 1.165) is 18.4 Å². The zero-order chi connectivity index (χ0) is 26.7. The summed E-state index contributed by atoms with van der Waals surface area (Å²) in [4.78, 5) is 16.1. The summed E-state index contributed by atoms with van der Waals surface area (Å²) >= 11 is 0. The highest BCUT2D eigenvalue weighted by atomic mass is 19.1. The van der Waals surface area contributed by atoms with Crippen LogP contribution in [0.3, 0.4) is 0 Å². The van der Waals surface area contributed by atoms with Crippen molar-refractivity contribution in [1.82, 2.24) is 4.98 Å². The number of rotatable bonds is 10. The van der Waals surface area contributed by atoms with E-state index in [1.807, 2.05) is 6.07 Å². The van der Waals surface area contributed by atoms with Gasteiger partial charge >= 0.3 is 5.97 Å². The quantitative estimate of drug-likeness (QED) is 0.314. The lowest BCUT2D eigenvalue weighted by Crippen LogP contribution is -2.13. The van der Waals surface area contributed by atoms with Gasteiger partial charge in [0.1, 0.15) is 18.2 Å². The fourth-order valence-electron chi connectivity index (χ4n) is 4.60. The van der Waals surface area contributed by atoms with E-state index in [0.29, 0.717) is 40.6 Å². The van der Waals surface area contributed by atoms with Gasteiger partial charge in [0.2, 0.25) is 0 Å². The topological polar surface area (TPSA) is 68.7 Å². The number of aliphatic carboxylic acids is 1. The largest absolute Gasteiger partial charge is 0.497 e. The minimum atomic E-state index is -0.869. The highest BCUT2D eigenvalue weighted by molar-refractivity contribution is 5.69. The molecule has 0 amide bonds. The maximum atomic E-state index is 14.8. The van der Waals surface area contributed by atoms with Gasteiger partial charge in [-0.25, -0.2) is 8.78 Å². The van der Waals surface area contributed by atoms with Crippen molar-refractivity contribution >= 4 is 5.97 Å². The molecule has 1 N–H and O–H groups in total. The summed E-state index contributed by atoms with van der Waals surface area (Å²) in [5.41, 5.74) is 3.03. The third kappa shape index (κ3) is 6.85. The monoisotopic (exact) mass is 509 g/mol. The van der Waals surface area contributed by atoms with Gasteiger partial charge in [-0.3, -0.25) is 9.78 Å². The fraction of sp³-hybridized carbons (Fsp3) is 0.400. The predicted octanol–water partition coefficient (Wildman–Crippen LogP) is 7.17. The Morgan fingerprint density at radius 2 is 1.78 bits per heavy atom. The van der Waals surface area contributed by atoms with Gasteiger partial charge in [0.05, 0.1) is 19.2 Å². The van der Waals surface area contributed by atoms with Crippen molar-refractivity contribution in [1.29, 1.82) is 0 Å². The van der Waals surface area contributed by atoms with Crippen molar-refractivity contribution < 1.29 is 28.2 Å².